The molecule has 0 aliphatic carbocycles. The van der Waals surface area contributed by atoms with E-state index in [-0.39, 0.29) is 19.3 Å². The van der Waals surface area contributed by atoms with E-state index in [9.17, 15) is 4.79 Å². The molecule has 5 nitrogen and oxygen atoms in total. The lowest BCUT2D eigenvalue weighted by Crippen LogP contribution is -2.36. The highest BCUT2D eigenvalue weighted by Crippen LogP contribution is 2.20. The number of hydrogen-bond donors (Lipinski definition) is 3. The summed E-state index contributed by atoms with van der Waals surface area (Å²) in [7, 11) is 0. The summed E-state index contributed by atoms with van der Waals surface area (Å²) in [5.41, 5.74) is 0. The Hall–Kier alpha value is -0.650. The van der Waals surface area contributed by atoms with Gasteiger partial charge in [-0.3, -0.25) is 4.79 Å². The van der Waals surface area contributed by atoms with Crippen molar-refractivity contribution in [2.75, 3.05) is 0 Å². The molecular formula is C7H12O5. The Morgan fingerprint density at radius 3 is 2.58 bits per heavy atom. The molecule has 0 spiro atoms. The molecular weight excluding hydrogens is 164 g/mol. The highest BCUT2D eigenvalue weighted by Gasteiger charge is 2.28. The summed E-state index contributed by atoms with van der Waals surface area (Å²) in [5, 5.41) is 26.5. The molecule has 0 aromatic rings. The van der Waals surface area contributed by atoms with Crippen LogP contribution in [0.15, 0.2) is 0 Å². The second-order valence-electron chi connectivity index (χ2n) is 2.94. The minimum absolute atomic E-state index is 0.163. The van der Waals surface area contributed by atoms with E-state index >= 15 is 0 Å². The Morgan fingerprint density at radius 1 is 1.42 bits per heavy atom. The standard InChI is InChI=1S/C7H12O5/c8-4-1-5(3-6(9)10)12-7(11)2-4/h4-5,7-8,11H,1-3H2,(H,9,10). The van der Waals surface area contributed by atoms with Gasteiger partial charge in [0.05, 0.1) is 18.6 Å². The van der Waals surface area contributed by atoms with Crippen molar-refractivity contribution in [3.8, 4) is 0 Å². The molecule has 1 aliphatic rings. The van der Waals surface area contributed by atoms with Crippen LogP contribution in [0, 0.1) is 0 Å². The number of aliphatic hydroxyl groups excluding tert-OH is 2. The van der Waals surface area contributed by atoms with Gasteiger partial charge in [-0.2, -0.15) is 0 Å². The fraction of sp³-hybridized carbons (Fsp3) is 0.857. The lowest BCUT2D eigenvalue weighted by Gasteiger charge is -2.29. The second-order valence-corrected chi connectivity index (χ2v) is 2.94. The van der Waals surface area contributed by atoms with Gasteiger partial charge < -0.3 is 20.1 Å². The van der Waals surface area contributed by atoms with Crippen LogP contribution in [0.2, 0.25) is 0 Å². The maximum atomic E-state index is 10.2. The molecule has 5 heteroatoms. The molecule has 0 radical (unpaired) electrons. The van der Waals surface area contributed by atoms with Gasteiger partial charge in [0, 0.05) is 12.8 Å². The van der Waals surface area contributed by atoms with Crippen molar-refractivity contribution in [2.24, 2.45) is 0 Å². The third-order valence-corrected chi connectivity index (χ3v) is 1.76. The van der Waals surface area contributed by atoms with Gasteiger partial charge in [0.25, 0.3) is 0 Å². The van der Waals surface area contributed by atoms with Crippen LogP contribution >= 0.6 is 0 Å². The zero-order valence-electron chi connectivity index (χ0n) is 6.51. The molecule has 1 saturated heterocycles. The topological polar surface area (TPSA) is 87.0 Å². The van der Waals surface area contributed by atoms with E-state index in [0.717, 1.165) is 0 Å². The van der Waals surface area contributed by atoms with Crippen molar-refractivity contribution in [3.63, 3.8) is 0 Å². The van der Waals surface area contributed by atoms with Crippen LogP contribution in [0.1, 0.15) is 19.3 Å². The minimum atomic E-state index is -1.03. The van der Waals surface area contributed by atoms with Crippen LogP contribution in [-0.4, -0.2) is 39.8 Å². The Kier molecular flexibility index (Phi) is 3.02. The fourth-order valence-corrected chi connectivity index (χ4v) is 1.29. The molecule has 1 rings (SSSR count). The van der Waals surface area contributed by atoms with Crippen LogP contribution in [-0.2, 0) is 9.53 Å². The fourth-order valence-electron chi connectivity index (χ4n) is 1.29. The van der Waals surface area contributed by atoms with Gasteiger partial charge in [-0.05, 0) is 0 Å². The third kappa shape index (κ3) is 2.77. The summed E-state index contributed by atoms with van der Waals surface area (Å²) in [6.45, 7) is 0. The monoisotopic (exact) mass is 176 g/mol. The lowest BCUT2D eigenvalue weighted by atomic mass is 10.0. The van der Waals surface area contributed by atoms with Gasteiger partial charge in [0.1, 0.15) is 0 Å². The van der Waals surface area contributed by atoms with E-state index in [2.05, 4.69) is 0 Å². The van der Waals surface area contributed by atoms with Crippen molar-refractivity contribution in [1.82, 2.24) is 0 Å². The summed E-state index contributed by atoms with van der Waals surface area (Å²) >= 11 is 0. The van der Waals surface area contributed by atoms with Gasteiger partial charge in [-0.15, -0.1) is 0 Å². The van der Waals surface area contributed by atoms with E-state index in [1.54, 1.807) is 0 Å². The first-order valence-electron chi connectivity index (χ1n) is 3.81. The Bertz CT molecular complexity index is 159. The van der Waals surface area contributed by atoms with E-state index in [4.69, 9.17) is 20.1 Å². The third-order valence-electron chi connectivity index (χ3n) is 1.76. The predicted octanol–water partition coefficient (Wildman–Crippen LogP) is -0.681. The number of carboxylic acids is 1. The van der Waals surface area contributed by atoms with E-state index in [1.807, 2.05) is 0 Å². The molecule has 0 amide bonds. The number of carboxylic acid groups (broad SMARTS) is 1. The number of aliphatic carboxylic acids is 1. The molecule has 3 atom stereocenters. The Balaban J connectivity index is 2.38. The molecule has 0 aromatic carbocycles. The average molecular weight is 176 g/mol. The van der Waals surface area contributed by atoms with Crippen LogP contribution < -0.4 is 0 Å². The van der Waals surface area contributed by atoms with E-state index in [1.165, 1.54) is 0 Å². The molecule has 0 aromatic heterocycles. The SMILES string of the molecule is O=C(O)CC1CC(O)CC(O)O1. The highest BCUT2D eigenvalue weighted by molar-refractivity contribution is 5.67. The summed E-state index contributed by atoms with van der Waals surface area (Å²) in [5.74, 6) is -0.985. The first-order chi connectivity index (χ1) is 5.58. The van der Waals surface area contributed by atoms with Gasteiger partial charge in [-0.25, -0.2) is 0 Å². The van der Waals surface area contributed by atoms with Crippen LogP contribution in [0.5, 0.6) is 0 Å². The highest BCUT2D eigenvalue weighted by atomic mass is 16.6. The maximum absolute atomic E-state index is 10.2. The van der Waals surface area contributed by atoms with Gasteiger partial charge >= 0.3 is 5.97 Å². The van der Waals surface area contributed by atoms with Crippen molar-refractivity contribution >= 4 is 5.97 Å². The van der Waals surface area contributed by atoms with Crippen molar-refractivity contribution in [2.45, 2.75) is 37.8 Å². The largest absolute Gasteiger partial charge is 0.481 e. The van der Waals surface area contributed by atoms with E-state index in [0.29, 0.717) is 0 Å². The minimum Gasteiger partial charge on any atom is -0.481 e. The average Bonchev–Trinajstić information content (AvgIpc) is 1.81. The molecule has 1 aliphatic heterocycles. The second kappa shape index (κ2) is 3.84. The van der Waals surface area contributed by atoms with Crippen molar-refractivity contribution in [1.29, 1.82) is 0 Å². The number of carbonyl (C=O) groups is 1. The van der Waals surface area contributed by atoms with Crippen molar-refractivity contribution < 1.29 is 24.9 Å². The number of hydrogen-bond acceptors (Lipinski definition) is 4. The van der Waals surface area contributed by atoms with Crippen LogP contribution in [0.4, 0.5) is 0 Å². The molecule has 0 saturated carbocycles. The maximum Gasteiger partial charge on any atom is 0.305 e. The smallest absolute Gasteiger partial charge is 0.305 e. The van der Waals surface area contributed by atoms with Gasteiger partial charge in [-0.1, -0.05) is 0 Å². The Labute approximate surface area is 69.6 Å². The molecule has 12 heavy (non-hydrogen) atoms. The van der Waals surface area contributed by atoms with E-state index < -0.39 is 24.5 Å². The lowest BCUT2D eigenvalue weighted by molar-refractivity contribution is -0.193. The zero-order valence-corrected chi connectivity index (χ0v) is 6.51. The first-order valence-corrected chi connectivity index (χ1v) is 3.81. The number of ether oxygens (including phenoxy) is 1. The quantitative estimate of drug-likeness (QED) is 0.519. The van der Waals surface area contributed by atoms with Crippen molar-refractivity contribution in [3.05, 3.63) is 0 Å². The number of aliphatic hydroxyl groups is 2. The molecule has 3 unspecified atom stereocenters. The zero-order chi connectivity index (χ0) is 9.14. The molecule has 0 bridgehead atoms. The van der Waals surface area contributed by atoms with Crippen LogP contribution in [0.25, 0.3) is 0 Å². The van der Waals surface area contributed by atoms with Gasteiger partial charge in [0.15, 0.2) is 6.29 Å². The predicted molar refractivity (Wildman–Crippen MR) is 38.4 cm³/mol. The number of rotatable bonds is 2. The molecule has 1 heterocycles. The summed E-state index contributed by atoms with van der Waals surface area (Å²) in [4.78, 5) is 10.2. The molecule has 3 N–H and O–H groups in total. The summed E-state index contributed by atoms with van der Waals surface area (Å²) in [6, 6.07) is 0. The molecule has 70 valence electrons. The Morgan fingerprint density at radius 2 is 2.08 bits per heavy atom. The first kappa shape index (κ1) is 9.44. The van der Waals surface area contributed by atoms with Gasteiger partial charge in [0.2, 0.25) is 0 Å². The normalized spacial score (nSPS) is 36.3. The summed E-state index contributed by atoms with van der Waals surface area (Å²) in [6.07, 6.45) is -1.98. The summed E-state index contributed by atoms with van der Waals surface area (Å²) < 4.78 is 4.88. The van der Waals surface area contributed by atoms with Crippen LogP contribution in [0.3, 0.4) is 0 Å². The molecule has 1 fully saturated rings.